The summed E-state index contributed by atoms with van der Waals surface area (Å²) in [5.74, 6) is 1.54. The van der Waals surface area contributed by atoms with Crippen molar-refractivity contribution in [3.05, 3.63) is 34.3 Å². The molecule has 0 spiro atoms. The van der Waals surface area contributed by atoms with Gasteiger partial charge in [0, 0.05) is 10.4 Å². The Labute approximate surface area is 98.8 Å². The molecule has 0 heterocycles. The van der Waals surface area contributed by atoms with Crippen LogP contribution in [-0.4, -0.2) is 5.88 Å². The number of rotatable bonds is 3. The molecule has 1 aliphatic rings. The van der Waals surface area contributed by atoms with Crippen molar-refractivity contribution >= 4 is 27.5 Å². The molecular formula is C12H14BrCl. The van der Waals surface area contributed by atoms with Crippen molar-refractivity contribution in [3.63, 3.8) is 0 Å². The van der Waals surface area contributed by atoms with Crippen molar-refractivity contribution in [1.29, 1.82) is 0 Å². The highest BCUT2D eigenvalue weighted by atomic mass is 79.9. The second kappa shape index (κ2) is 3.86. The van der Waals surface area contributed by atoms with Gasteiger partial charge in [0.2, 0.25) is 0 Å². The first-order valence-electron chi connectivity index (χ1n) is 4.94. The minimum Gasteiger partial charge on any atom is -0.126 e. The second-order valence-corrected chi connectivity index (χ2v) is 5.74. The molecule has 1 aliphatic carbocycles. The van der Waals surface area contributed by atoms with Gasteiger partial charge in [-0.1, -0.05) is 35.0 Å². The van der Waals surface area contributed by atoms with Crippen LogP contribution in [0.2, 0.25) is 0 Å². The maximum Gasteiger partial charge on any atom is 0.0257 e. The molecule has 1 aromatic carbocycles. The second-order valence-electron chi connectivity index (χ2n) is 4.51. The lowest BCUT2D eigenvalue weighted by Crippen LogP contribution is -2.03. The van der Waals surface area contributed by atoms with E-state index in [1.807, 2.05) is 0 Å². The topological polar surface area (TPSA) is 0 Å². The first kappa shape index (κ1) is 10.5. The van der Waals surface area contributed by atoms with Crippen LogP contribution in [0.15, 0.2) is 28.7 Å². The molecule has 2 atom stereocenters. The largest absolute Gasteiger partial charge is 0.126 e. The summed E-state index contributed by atoms with van der Waals surface area (Å²) in [6.45, 7) is 2.34. The summed E-state index contributed by atoms with van der Waals surface area (Å²) >= 11 is 9.31. The van der Waals surface area contributed by atoms with Gasteiger partial charge in [0.1, 0.15) is 0 Å². The quantitative estimate of drug-likeness (QED) is 0.722. The third kappa shape index (κ3) is 2.14. The Morgan fingerprint density at radius 1 is 1.43 bits per heavy atom. The van der Waals surface area contributed by atoms with Crippen LogP contribution in [0.3, 0.4) is 0 Å². The molecule has 14 heavy (non-hydrogen) atoms. The fourth-order valence-electron chi connectivity index (χ4n) is 2.03. The maximum atomic E-state index is 5.87. The molecule has 0 saturated heterocycles. The smallest absolute Gasteiger partial charge is 0.0257 e. The van der Waals surface area contributed by atoms with Gasteiger partial charge in [-0.05, 0) is 41.9 Å². The fraction of sp³-hybridized carbons (Fsp3) is 0.500. The van der Waals surface area contributed by atoms with Gasteiger partial charge >= 0.3 is 0 Å². The minimum absolute atomic E-state index is 0.468. The summed E-state index contributed by atoms with van der Waals surface area (Å²) in [4.78, 5) is 0. The average Bonchev–Trinajstić information content (AvgIpc) is 2.81. The van der Waals surface area contributed by atoms with Crippen LogP contribution in [0.4, 0.5) is 0 Å². The average molecular weight is 274 g/mol. The molecule has 0 radical (unpaired) electrons. The Kier molecular flexibility index (Phi) is 2.90. The highest BCUT2D eigenvalue weighted by Gasteiger charge is 2.48. The monoisotopic (exact) mass is 272 g/mol. The third-order valence-electron chi connectivity index (χ3n) is 3.25. The summed E-state index contributed by atoms with van der Waals surface area (Å²) in [5.41, 5.74) is 1.89. The lowest BCUT2D eigenvalue weighted by molar-refractivity contribution is 0.520. The zero-order chi connectivity index (χ0) is 10.2. The van der Waals surface area contributed by atoms with Crippen molar-refractivity contribution in [2.75, 3.05) is 5.88 Å². The Hall–Kier alpha value is -0.0100. The Bertz CT molecular complexity index is 320. The van der Waals surface area contributed by atoms with Crippen LogP contribution < -0.4 is 0 Å². The first-order chi connectivity index (χ1) is 6.64. The standard InChI is InChI=1S/C12H14BrCl/c1-12(7-10(12)8-14)6-9-2-4-11(13)5-3-9/h2-5,10H,6-8H2,1H3. The lowest BCUT2D eigenvalue weighted by atomic mass is 9.96. The third-order valence-corrected chi connectivity index (χ3v) is 4.15. The molecule has 1 aromatic rings. The summed E-state index contributed by atoms with van der Waals surface area (Å²) in [7, 11) is 0. The zero-order valence-corrected chi connectivity index (χ0v) is 10.6. The van der Waals surface area contributed by atoms with Gasteiger partial charge in [0.15, 0.2) is 0 Å². The lowest BCUT2D eigenvalue weighted by Gasteiger charge is -2.10. The van der Waals surface area contributed by atoms with Crippen LogP contribution >= 0.6 is 27.5 Å². The van der Waals surface area contributed by atoms with E-state index >= 15 is 0 Å². The summed E-state index contributed by atoms with van der Waals surface area (Å²) < 4.78 is 1.15. The van der Waals surface area contributed by atoms with Crippen molar-refractivity contribution in [3.8, 4) is 0 Å². The van der Waals surface area contributed by atoms with Gasteiger partial charge in [0.05, 0.1) is 0 Å². The van der Waals surface area contributed by atoms with E-state index in [2.05, 4.69) is 47.1 Å². The normalized spacial score (nSPS) is 30.4. The highest BCUT2D eigenvalue weighted by Crippen LogP contribution is 2.54. The number of benzene rings is 1. The number of halogens is 2. The number of alkyl halides is 1. The first-order valence-corrected chi connectivity index (χ1v) is 6.27. The van der Waals surface area contributed by atoms with Gasteiger partial charge in [0.25, 0.3) is 0 Å². The molecule has 0 aromatic heterocycles. The minimum atomic E-state index is 0.468. The molecule has 0 aliphatic heterocycles. The van der Waals surface area contributed by atoms with E-state index in [0.29, 0.717) is 5.41 Å². The van der Waals surface area contributed by atoms with Crippen LogP contribution in [0.1, 0.15) is 18.9 Å². The van der Waals surface area contributed by atoms with E-state index in [4.69, 9.17) is 11.6 Å². The zero-order valence-electron chi connectivity index (χ0n) is 8.26. The van der Waals surface area contributed by atoms with E-state index in [9.17, 15) is 0 Å². The predicted molar refractivity (Wildman–Crippen MR) is 64.8 cm³/mol. The van der Waals surface area contributed by atoms with Crippen molar-refractivity contribution in [2.45, 2.75) is 19.8 Å². The summed E-state index contributed by atoms with van der Waals surface area (Å²) in [5, 5.41) is 0. The molecular weight excluding hydrogens is 259 g/mol. The molecule has 0 amide bonds. The Balaban J connectivity index is 2.02. The van der Waals surface area contributed by atoms with E-state index in [1.165, 1.54) is 12.0 Å². The van der Waals surface area contributed by atoms with Gasteiger partial charge in [-0.25, -0.2) is 0 Å². The highest BCUT2D eigenvalue weighted by molar-refractivity contribution is 9.10. The van der Waals surface area contributed by atoms with Crippen LogP contribution in [0, 0.1) is 11.3 Å². The van der Waals surface area contributed by atoms with Crippen molar-refractivity contribution < 1.29 is 0 Å². The summed E-state index contributed by atoms with van der Waals surface area (Å²) in [6.07, 6.45) is 2.45. The van der Waals surface area contributed by atoms with E-state index < -0.39 is 0 Å². The molecule has 0 bridgehead atoms. The molecule has 2 unspecified atom stereocenters. The SMILES string of the molecule is CC1(Cc2ccc(Br)cc2)CC1CCl. The van der Waals surface area contributed by atoms with Gasteiger partial charge in [-0.3, -0.25) is 0 Å². The van der Waals surface area contributed by atoms with E-state index in [-0.39, 0.29) is 0 Å². The van der Waals surface area contributed by atoms with Crippen LogP contribution in [-0.2, 0) is 6.42 Å². The fourth-order valence-corrected chi connectivity index (χ4v) is 2.78. The molecule has 1 fully saturated rings. The predicted octanol–water partition coefficient (Wildman–Crippen LogP) is 4.26. The summed E-state index contributed by atoms with van der Waals surface area (Å²) in [6, 6.07) is 8.60. The van der Waals surface area contributed by atoms with Crippen molar-refractivity contribution in [1.82, 2.24) is 0 Å². The molecule has 76 valence electrons. The molecule has 0 nitrogen and oxygen atoms in total. The van der Waals surface area contributed by atoms with Gasteiger partial charge in [-0.2, -0.15) is 0 Å². The van der Waals surface area contributed by atoms with E-state index in [0.717, 1.165) is 22.7 Å². The van der Waals surface area contributed by atoms with Crippen LogP contribution in [0.5, 0.6) is 0 Å². The number of hydrogen-bond donors (Lipinski definition) is 0. The molecule has 1 saturated carbocycles. The number of hydrogen-bond acceptors (Lipinski definition) is 0. The molecule has 2 rings (SSSR count). The molecule has 0 N–H and O–H groups in total. The maximum absolute atomic E-state index is 5.87. The van der Waals surface area contributed by atoms with Gasteiger partial charge in [-0.15, -0.1) is 11.6 Å². The Morgan fingerprint density at radius 3 is 2.57 bits per heavy atom. The van der Waals surface area contributed by atoms with Crippen LogP contribution in [0.25, 0.3) is 0 Å². The van der Waals surface area contributed by atoms with Gasteiger partial charge < -0.3 is 0 Å². The molecule has 2 heteroatoms. The van der Waals surface area contributed by atoms with Crippen molar-refractivity contribution in [2.24, 2.45) is 11.3 Å². The van der Waals surface area contributed by atoms with E-state index in [1.54, 1.807) is 0 Å². The Morgan fingerprint density at radius 2 is 2.07 bits per heavy atom.